The van der Waals surface area contributed by atoms with Gasteiger partial charge < -0.3 is 9.67 Å². The van der Waals surface area contributed by atoms with E-state index in [2.05, 4.69) is 10.2 Å². The lowest BCUT2D eigenvalue weighted by atomic mass is 10.4. The summed E-state index contributed by atoms with van der Waals surface area (Å²) in [5.74, 6) is 0. The maximum atomic E-state index is 8.77. The summed E-state index contributed by atoms with van der Waals surface area (Å²) in [6.07, 6.45) is 3.48. The molecule has 0 aliphatic rings. The molecule has 4 heteroatoms. The summed E-state index contributed by atoms with van der Waals surface area (Å²) in [5.41, 5.74) is 0.745. The number of nitrogens with zero attached hydrogens (tertiary/aromatic N) is 3. The Kier molecular flexibility index (Phi) is 3.92. The Labute approximate surface area is 76.9 Å². The molecule has 0 unspecified atom stereocenters. The largest absolute Gasteiger partial charge is 0.395 e. The number of pyridine rings is 1. The fourth-order valence-corrected chi connectivity index (χ4v) is 0.972. The van der Waals surface area contributed by atoms with E-state index in [1.807, 2.05) is 35.9 Å². The van der Waals surface area contributed by atoms with Crippen LogP contribution in [0, 0.1) is 0 Å². The van der Waals surface area contributed by atoms with E-state index < -0.39 is 0 Å². The maximum Gasteiger partial charge on any atom is 0.155 e. The molecule has 0 amide bonds. The average Bonchev–Trinajstić information content (AvgIpc) is 2.17. The second-order valence-electron chi connectivity index (χ2n) is 2.45. The number of hydrogen-bond donors (Lipinski definition) is 1. The Balaban J connectivity index is 3.04. The summed E-state index contributed by atoms with van der Waals surface area (Å²) < 4.78 is 1.84. The minimum absolute atomic E-state index is 0.104. The van der Waals surface area contributed by atoms with Crippen molar-refractivity contribution >= 4 is 6.21 Å². The Morgan fingerprint density at radius 3 is 3.08 bits per heavy atom. The molecule has 0 saturated heterocycles. The third-order valence-electron chi connectivity index (χ3n) is 1.53. The van der Waals surface area contributed by atoms with Crippen molar-refractivity contribution in [3.63, 3.8) is 0 Å². The Morgan fingerprint density at radius 2 is 2.38 bits per heavy atom. The fourth-order valence-electron chi connectivity index (χ4n) is 0.972. The van der Waals surface area contributed by atoms with Gasteiger partial charge in [0.25, 0.3) is 0 Å². The lowest BCUT2D eigenvalue weighted by Crippen LogP contribution is -2.20. The lowest BCUT2D eigenvalue weighted by Gasteiger charge is -2.02. The van der Waals surface area contributed by atoms with Crippen molar-refractivity contribution in [2.75, 3.05) is 6.61 Å². The van der Waals surface area contributed by atoms with Gasteiger partial charge in [0.1, 0.15) is 0 Å². The molecular weight excluding hydrogens is 166 g/mol. The molecule has 1 rings (SSSR count). The number of aliphatic hydroxyl groups excluding tert-OH is 1. The molecule has 0 aliphatic carbocycles. The zero-order chi connectivity index (χ0) is 9.52. The highest BCUT2D eigenvalue weighted by Gasteiger charge is 1.89. The van der Waals surface area contributed by atoms with E-state index in [4.69, 9.17) is 5.11 Å². The SMILES string of the molecule is CC=NN=c1ccccn1CCO. The van der Waals surface area contributed by atoms with Gasteiger partial charge in [-0.2, -0.15) is 5.10 Å². The molecular formula is C9H13N3O. The summed E-state index contributed by atoms with van der Waals surface area (Å²) in [6.45, 7) is 2.45. The van der Waals surface area contributed by atoms with E-state index >= 15 is 0 Å². The van der Waals surface area contributed by atoms with Gasteiger partial charge in [0.2, 0.25) is 0 Å². The predicted octanol–water partition coefficient (Wildman–Crippen LogP) is 0.387. The van der Waals surface area contributed by atoms with Gasteiger partial charge in [-0.3, -0.25) is 0 Å². The molecule has 1 heterocycles. The van der Waals surface area contributed by atoms with Gasteiger partial charge in [-0.15, -0.1) is 5.10 Å². The third kappa shape index (κ3) is 2.83. The molecule has 1 N–H and O–H groups in total. The molecule has 0 spiro atoms. The summed E-state index contributed by atoms with van der Waals surface area (Å²) in [7, 11) is 0. The van der Waals surface area contributed by atoms with Crippen LogP contribution in [-0.4, -0.2) is 22.5 Å². The van der Waals surface area contributed by atoms with Crippen molar-refractivity contribution in [1.29, 1.82) is 0 Å². The summed E-state index contributed by atoms with van der Waals surface area (Å²) in [4.78, 5) is 0. The number of rotatable bonds is 3. The number of aromatic nitrogens is 1. The van der Waals surface area contributed by atoms with Crippen LogP contribution in [-0.2, 0) is 6.54 Å². The second kappa shape index (κ2) is 5.27. The molecule has 0 radical (unpaired) electrons. The fraction of sp³-hybridized carbons (Fsp3) is 0.333. The molecule has 4 nitrogen and oxygen atoms in total. The van der Waals surface area contributed by atoms with Crippen LogP contribution in [0.25, 0.3) is 0 Å². The first-order valence-corrected chi connectivity index (χ1v) is 4.16. The van der Waals surface area contributed by atoms with Crippen LogP contribution in [0.2, 0.25) is 0 Å². The van der Waals surface area contributed by atoms with Crippen molar-refractivity contribution in [2.24, 2.45) is 10.2 Å². The number of hydrogen-bond acceptors (Lipinski definition) is 3. The second-order valence-corrected chi connectivity index (χ2v) is 2.45. The first-order chi connectivity index (χ1) is 6.38. The quantitative estimate of drug-likeness (QED) is 0.529. The van der Waals surface area contributed by atoms with E-state index in [-0.39, 0.29) is 6.61 Å². The molecule has 0 aromatic carbocycles. The normalized spacial score (nSPS) is 12.6. The van der Waals surface area contributed by atoms with Crippen LogP contribution in [0.15, 0.2) is 34.6 Å². The van der Waals surface area contributed by atoms with Crippen molar-refractivity contribution in [2.45, 2.75) is 13.5 Å². The maximum absolute atomic E-state index is 8.77. The monoisotopic (exact) mass is 179 g/mol. The third-order valence-corrected chi connectivity index (χ3v) is 1.53. The van der Waals surface area contributed by atoms with Crippen LogP contribution < -0.4 is 5.49 Å². The molecule has 0 bridgehead atoms. The Bertz CT molecular complexity index is 341. The van der Waals surface area contributed by atoms with E-state index in [1.54, 1.807) is 6.21 Å². The minimum Gasteiger partial charge on any atom is -0.395 e. The Morgan fingerprint density at radius 1 is 1.54 bits per heavy atom. The minimum atomic E-state index is 0.104. The van der Waals surface area contributed by atoms with Crippen molar-refractivity contribution < 1.29 is 5.11 Å². The van der Waals surface area contributed by atoms with Gasteiger partial charge >= 0.3 is 0 Å². The van der Waals surface area contributed by atoms with Crippen LogP contribution >= 0.6 is 0 Å². The summed E-state index contributed by atoms with van der Waals surface area (Å²) in [6, 6.07) is 5.63. The molecule has 0 aliphatic heterocycles. The van der Waals surface area contributed by atoms with Crippen molar-refractivity contribution in [3.05, 3.63) is 29.9 Å². The van der Waals surface area contributed by atoms with E-state index in [0.29, 0.717) is 6.54 Å². The average molecular weight is 179 g/mol. The van der Waals surface area contributed by atoms with Gasteiger partial charge in [-0.05, 0) is 19.1 Å². The molecule has 1 aromatic heterocycles. The van der Waals surface area contributed by atoms with Gasteiger partial charge in [-0.1, -0.05) is 6.07 Å². The summed E-state index contributed by atoms with van der Waals surface area (Å²) in [5, 5.41) is 16.5. The summed E-state index contributed by atoms with van der Waals surface area (Å²) >= 11 is 0. The molecule has 0 fully saturated rings. The van der Waals surface area contributed by atoms with Crippen LogP contribution in [0.4, 0.5) is 0 Å². The smallest absolute Gasteiger partial charge is 0.155 e. The lowest BCUT2D eigenvalue weighted by molar-refractivity contribution is 0.273. The predicted molar refractivity (Wildman–Crippen MR) is 51.2 cm³/mol. The first kappa shape index (κ1) is 9.67. The topological polar surface area (TPSA) is 49.9 Å². The van der Waals surface area contributed by atoms with Gasteiger partial charge in [0, 0.05) is 19.0 Å². The van der Waals surface area contributed by atoms with E-state index in [0.717, 1.165) is 5.49 Å². The standard InChI is InChI=1S/C9H13N3O/c1-2-10-11-9-5-3-4-6-12(9)7-8-13/h2-6,13H,7-8H2,1H3. The molecule has 0 atom stereocenters. The van der Waals surface area contributed by atoms with Crippen molar-refractivity contribution in [1.82, 2.24) is 4.57 Å². The van der Waals surface area contributed by atoms with E-state index in [9.17, 15) is 0 Å². The zero-order valence-corrected chi connectivity index (χ0v) is 7.59. The van der Waals surface area contributed by atoms with Crippen LogP contribution in [0.3, 0.4) is 0 Å². The number of aliphatic hydroxyl groups is 1. The van der Waals surface area contributed by atoms with Crippen molar-refractivity contribution in [3.8, 4) is 0 Å². The highest BCUT2D eigenvalue weighted by atomic mass is 16.3. The molecule has 0 saturated carbocycles. The Hall–Kier alpha value is -1.42. The highest BCUT2D eigenvalue weighted by molar-refractivity contribution is 5.52. The van der Waals surface area contributed by atoms with E-state index in [1.165, 1.54) is 0 Å². The molecule has 70 valence electrons. The van der Waals surface area contributed by atoms with Gasteiger partial charge in [0.15, 0.2) is 5.49 Å². The first-order valence-electron chi connectivity index (χ1n) is 4.16. The highest BCUT2D eigenvalue weighted by Crippen LogP contribution is 1.82. The molecule has 13 heavy (non-hydrogen) atoms. The van der Waals surface area contributed by atoms with Gasteiger partial charge in [-0.25, -0.2) is 0 Å². The zero-order valence-electron chi connectivity index (χ0n) is 7.59. The molecule has 1 aromatic rings. The van der Waals surface area contributed by atoms with Crippen LogP contribution in [0.1, 0.15) is 6.92 Å². The van der Waals surface area contributed by atoms with Gasteiger partial charge in [0.05, 0.1) is 6.61 Å². The van der Waals surface area contributed by atoms with Crippen LogP contribution in [0.5, 0.6) is 0 Å².